The summed E-state index contributed by atoms with van der Waals surface area (Å²) in [4.78, 5) is 2.44. The molecule has 6 heteroatoms. The van der Waals surface area contributed by atoms with Crippen molar-refractivity contribution >= 4 is 16.5 Å². The summed E-state index contributed by atoms with van der Waals surface area (Å²) >= 11 is 1.53. The molecule has 0 bridgehead atoms. The smallest absolute Gasteiger partial charge is 0.219 e. The van der Waals surface area contributed by atoms with Gasteiger partial charge < -0.3 is 0 Å². The Morgan fingerprint density at radius 3 is 2.81 bits per heavy atom. The maximum absolute atomic E-state index is 5.28. The third-order valence-electron chi connectivity index (χ3n) is 3.14. The van der Waals surface area contributed by atoms with Gasteiger partial charge in [-0.2, -0.15) is 0 Å². The molecular weight excluding hydrogens is 222 g/mol. The molecule has 0 amide bonds. The van der Waals surface area contributed by atoms with Gasteiger partial charge in [-0.1, -0.05) is 24.7 Å². The van der Waals surface area contributed by atoms with Gasteiger partial charge in [-0.05, 0) is 25.3 Å². The van der Waals surface area contributed by atoms with Gasteiger partial charge in [0.15, 0.2) is 0 Å². The van der Waals surface area contributed by atoms with Crippen molar-refractivity contribution in [2.24, 2.45) is 11.8 Å². The van der Waals surface area contributed by atoms with E-state index in [0.29, 0.717) is 5.13 Å². The Balaban J connectivity index is 1.84. The highest BCUT2D eigenvalue weighted by Gasteiger charge is 2.20. The second kappa shape index (κ2) is 5.56. The van der Waals surface area contributed by atoms with Crippen LogP contribution in [0.3, 0.4) is 0 Å². The summed E-state index contributed by atoms with van der Waals surface area (Å²) in [5.74, 6) is 6.18. The summed E-state index contributed by atoms with van der Waals surface area (Å²) in [6.45, 7) is 5.36. The van der Waals surface area contributed by atoms with E-state index in [1.165, 1.54) is 37.1 Å². The van der Waals surface area contributed by atoms with Crippen molar-refractivity contribution in [3.8, 4) is 0 Å². The zero-order chi connectivity index (χ0) is 11.4. The molecule has 0 spiro atoms. The molecular formula is C10H19N5S. The highest BCUT2D eigenvalue weighted by molar-refractivity contribution is 7.15. The molecule has 0 atom stereocenters. The molecule has 16 heavy (non-hydrogen) atoms. The predicted molar refractivity (Wildman–Crippen MR) is 66.0 cm³/mol. The van der Waals surface area contributed by atoms with Crippen LogP contribution >= 0.6 is 11.3 Å². The highest BCUT2D eigenvalue weighted by Crippen LogP contribution is 2.27. The Morgan fingerprint density at radius 1 is 1.50 bits per heavy atom. The number of aromatic nitrogens is 2. The lowest BCUT2D eigenvalue weighted by Crippen LogP contribution is -2.32. The Labute approximate surface area is 100 Å². The van der Waals surface area contributed by atoms with E-state index in [1.807, 2.05) is 0 Å². The third-order valence-corrected chi connectivity index (χ3v) is 3.98. The fourth-order valence-corrected chi connectivity index (χ4v) is 2.61. The van der Waals surface area contributed by atoms with Crippen molar-refractivity contribution in [1.29, 1.82) is 0 Å². The maximum Gasteiger partial charge on any atom is 0.219 e. The minimum Gasteiger partial charge on any atom is -0.298 e. The van der Waals surface area contributed by atoms with E-state index in [0.717, 1.165) is 24.0 Å². The van der Waals surface area contributed by atoms with Crippen LogP contribution in [-0.2, 0) is 6.54 Å². The molecule has 1 heterocycles. The van der Waals surface area contributed by atoms with Crippen molar-refractivity contribution in [2.75, 3.05) is 18.5 Å². The molecule has 2 rings (SSSR count). The third kappa shape index (κ3) is 2.90. The lowest BCUT2D eigenvalue weighted by Gasteiger charge is -2.31. The first kappa shape index (κ1) is 11.8. The lowest BCUT2D eigenvalue weighted by molar-refractivity contribution is 0.178. The Morgan fingerprint density at radius 2 is 2.31 bits per heavy atom. The van der Waals surface area contributed by atoms with Crippen molar-refractivity contribution in [1.82, 2.24) is 15.1 Å². The molecule has 1 saturated carbocycles. The number of anilines is 1. The molecule has 0 radical (unpaired) electrons. The van der Waals surface area contributed by atoms with Crippen LogP contribution in [0.15, 0.2) is 0 Å². The molecule has 1 fully saturated rings. The topological polar surface area (TPSA) is 67.1 Å². The van der Waals surface area contributed by atoms with E-state index in [4.69, 9.17) is 5.84 Å². The Hall–Kier alpha value is -0.720. The van der Waals surface area contributed by atoms with Crippen LogP contribution in [0.25, 0.3) is 0 Å². The van der Waals surface area contributed by atoms with Gasteiger partial charge >= 0.3 is 0 Å². The molecule has 1 aliphatic rings. The van der Waals surface area contributed by atoms with Crippen molar-refractivity contribution < 1.29 is 0 Å². The van der Waals surface area contributed by atoms with Crippen LogP contribution in [-0.4, -0.2) is 28.2 Å². The molecule has 5 nitrogen and oxygen atoms in total. The summed E-state index contributed by atoms with van der Waals surface area (Å²) in [5.41, 5.74) is 2.53. The van der Waals surface area contributed by atoms with E-state index in [-0.39, 0.29) is 0 Å². The van der Waals surface area contributed by atoms with E-state index in [1.54, 1.807) is 0 Å². The second-order valence-corrected chi connectivity index (χ2v) is 5.33. The van der Waals surface area contributed by atoms with Gasteiger partial charge in [0.2, 0.25) is 5.13 Å². The van der Waals surface area contributed by atoms with Crippen molar-refractivity contribution in [2.45, 2.75) is 32.7 Å². The molecule has 0 unspecified atom stereocenters. The molecule has 90 valence electrons. The standard InChI is InChI=1S/C10H19N5S/c1-2-15(6-8-4-3-5-8)7-9-13-14-10(12-11)16-9/h8H,2-7,11H2,1H3,(H,12,14). The van der Waals surface area contributed by atoms with Crippen LogP contribution < -0.4 is 11.3 Å². The highest BCUT2D eigenvalue weighted by atomic mass is 32.1. The normalized spacial score (nSPS) is 16.4. The fraction of sp³-hybridized carbons (Fsp3) is 0.800. The monoisotopic (exact) mass is 241 g/mol. The van der Waals surface area contributed by atoms with E-state index in [9.17, 15) is 0 Å². The van der Waals surface area contributed by atoms with Gasteiger partial charge in [-0.15, -0.1) is 10.2 Å². The molecule has 0 saturated heterocycles. The van der Waals surface area contributed by atoms with Crippen LogP contribution in [0.2, 0.25) is 0 Å². The SMILES string of the molecule is CCN(Cc1nnc(NN)s1)CC1CCC1. The summed E-state index contributed by atoms with van der Waals surface area (Å²) < 4.78 is 0. The number of hydrazine groups is 1. The van der Waals surface area contributed by atoms with Gasteiger partial charge in [0.1, 0.15) is 5.01 Å². The van der Waals surface area contributed by atoms with Crippen LogP contribution in [0, 0.1) is 5.92 Å². The number of nitrogens with zero attached hydrogens (tertiary/aromatic N) is 3. The average molecular weight is 241 g/mol. The first-order chi connectivity index (χ1) is 7.81. The second-order valence-electron chi connectivity index (χ2n) is 4.27. The molecule has 1 aromatic heterocycles. The fourth-order valence-electron chi connectivity index (χ4n) is 1.91. The molecule has 0 aromatic carbocycles. The number of hydrogen-bond acceptors (Lipinski definition) is 6. The minimum absolute atomic E-state index is 0.690. The first-order valence-electron chi connectivity index (χ1n) is 5.83. The number of hydrogen-bond donors (Lipinski definition) is 2. The van der Waals surface area contributed by atoms with Crippen LogP contribution in [0.5, 0.6) is 0 Å². The number of nitrogens with one attached hydrogen (secondary N) is 1. The Bertz CT molecular complexity index is 323. The van der Waals surface area contributed by atoms with Crippen LogP contribution in [0.4, 0.5) is 5.13 Å². The number of nitrogens with two attached hydrogens (primary N) is 1. The zero-order valence-corrected chi connectivity index (χ0v) is 10.5. The van der Waals surface area contributed by atoms with Gasteiger partial charge in [-0.25, -0.2) is 5.84 Å². The van der Waals surface area contributed by atoms with Crippen molar-refractivity contribution in [3.05, 3.63) is 5.01 Å². The zero-order valence-electron chi connectivity index (χ0n) is 9.65. The molecule has 3 N–H and O–H groups in total. The number of rotatable bonds is 6. The largest absolute Gasteiger partial charge is 0.298 e. The maximum atomic E-state index is 5.28. The lowest BCUT2D eigenvalue weighted by atomic mass is 9.85. The van der Waals surface area contributed by atoms with Crippen LogP contribution in [0.1, 0.15) is 31.2 Å². The van der Waals surface area contributed by atoms with E-state index in [2.05, 4.69) is 27.4 Å². The molecule has 1 aliphatic carbocycles. The quantitative estimate of drug-likeness (QED) is 0.583. The summed E-state index contributed by atoms with van der Waals surface area (Å²) in [5, 5.41) is 9.78. The Kier molecular flexibility index (Phi) is 4.09. The van der Waals surface area contributed by atoms with Gasteiger partial charge in [-0.3, -0.25) is 10.3 Å². The van der Waals surface area contributed by atoms with E-state index >= 15 is 0 Å². The predicted octanol–water partition coefficient (Wildman–Crippen LogP) is 1.45. The summed E-state index contributed by atoms with van der Waals surface area (Å²) in [6, 6.07) is 0. The minimum atomic E-state index is 0.690. The summed E-state index contributed by atoms with van der Waals surface area (Å²) in [6.07, 6.45) is 4.19. The first-order valence-corrected chi connectivity index (χ1v) is 6.64. The molecule has 1 aromatic rings. The van der Waals surface area contributed by atoms with Gasteiger partial charge in [0.25, 0.3) is 0 Å². The average Bonchev–Trinajstić information content (AvgIpc) is 2.69. The van der Waals surface area contributed by atoms with Gasteiger partial charge in [0, 0.05) is 6.54 Å². The molecule has 0 aliphatic heterocycles. The summed E-state index contributed by atoms with van der Waals surface area (Å²) in [7, 11) is 0. The number of nitrogen functional groups attached to an aromatic ring is 1. The van der Waals surface area contributed by atoms with Gasteiger partial charge in [0.05, 0.1) is 6.54 Å². The van der Waals surface area contributed by atoms with Crippen molar-refractivity contribution in [3.63, 3.8) is 0 Å². The van der Waals surface area contributed by atoms with E-state index < -0.39 is 0 Å².